The van der Waals surface area contributed by atoms with Gasteiger partial charge in [-0.3, -0.25) is 9.59 Å². The largest absolute Gasteiger partial charge is 0.455 e. The molecule has 2 aromatic rings. The number of ketones is 2. The van der Waals surface area contributed by atoms with Crippen LogP contribution in [0.2, 0.25) is 0 Å². The van der Waals surface area contributed by atoms with E-state index in [1.807, 2.05) is 6.92 Å². The molecule has 1 atom stereocenters. The summed E-state index contributed by atoms with van der Waals surface area (Å²) in [5.74, 6) is 0.530. The van der Waals surface area contributed by atoms with E-state index in [-0.39, 0.29) is 23.4 Å². The van der Waals surface area contributed by atoms with Gasteiger partial charge in [0.15, 0.2) is 11.5 Å². The molecule has 0 radical (unpaired) electrons. The molecule has 4 heteroatoms. The van der Waals surface area contributed by atoms with Crippen molar-refractivity contribution in [3.63, 3.8) is 0 Å². The Morgan fingerprint density at radius 3 is 2.38 bits per heavy atom. The fourth-order valence-corrected chi connectivity index (χ4v) is 3.81. The molecule has 4 nitrogen and oxygen atoms in total. The summed E-state index contributed by atoms with van der Waals surface area (Å²) in [5.41, 5.74) is 1.30. The minimum atomic E-state index is -0.198. The highest BCUT2D eigenvalue weighted by Crippen LogP contribution is 2.32. The van der Waals surface area contributed by atoms with E-state index in [0.29, 0.717) is 28.5 Å². The fraction of sp³-hybridized carbons (Fsp3) is 0.400. The third kappa shape index (κ3) is 2.51. The third-order valence-corrected chi connectivity index (χ3v) is 5.14. The first-order chi connectivity index (χ1) is 11.6. The molecular weight excluding hydrogens is 302 g/mol. The first-order valence-electron chi connectivity index (χ1n) is 8.73. The highest BCUT2D eigenvalue weighted by atomic mass is 16.4. The second-order valence-corrected chi connectivity index (χ2v) is 6.82. The second-order valence-electron chi connectivity index (χ2n) is 6.82. The molecule has 1 saturated carbocycles. The van der Waals surface area contributed by atoms with Crippen LogP contribution >= 0.6 is 0 Å². The van der Waals surface area contributed by atoms with E-state index in [9.17, 15) is 9.59 Å². The van der Waals surface area contributed by atoms with Crippen molar-refractivity contribution in [3.05, 3.63) is 58.5 Å². The molecule has 0 saturated heterocycles. The number of benzene rings is 1. The summed E-state index contributed by atoms with van der Waals surface area (Å²) >= 11 is 0. The first kappa shape index (κ1) is 15.3. The molecule has 4 rings (SSSR count). The van der Waals surface area contributed by atoms with Gasteiger partial charge in [-0.05, 0) is 25.8 Å². The lowest BCUT2D eigenvalue weighted by Gasteiger charge is -2.25. The Hall–Kier alpha value is -2.20. The number of hydrogen-bond acceptors (Lipinski definition) is 4. The van der Waals surface area contributed by atoms with Crippen LogP contribution in [-0.2, 0) is 0 Å². The summed E-state index contributed by atoms with van der Waals surface area (Å²) < 4.78 is 5.82. The Labute approximate surface area is 141 Å². The van der Waals surface area contributed by atoms with Gasteiger partial charge in [-0.1, -0.05) is 43.5 Å². The minimum absolute atomic E-state index is 0.0117. The summed E-state index contributed by atoms with van der Waals surface area (Å²) in [6.07, 6.45) is 6.17. The van der Waals surface area contributed by atoms with Crippen LogP contribution in [0.3, 0.4) is 0 Å². The summed E-state index contributed by atoms with van der Waals surface area (Å²) in [4.78, 5) is 25.3. The van der Waals surface area contributed by atoms with E-state index < -0.39 is 0 Å². The number of carbonyl (C=O) groups is 2. The third-order valence-electron chi connectivity index (χ3n) is 5.14. The average Bonchev–Trinajstić information content (AvgIpc) is 3.07. The second kappa shape index (κ2) is 6.02. The zero-order valence-corrected chi connectivity index (χ0v) is 13.8. The zero-order valence-electron chi connectivity index (χ0n) is 13.8. The number of nitrogens with one attached hydrogen (secondary N) is 1. The average molecular weight is 323 g/mol. The summed E-state index contributed by atoms with van der Waals surface area (Å²) in [5, 5.41) is 3.58. The van der Waals surface area contributed by atoms with Gasteiger partial charge in [0.05, 0.1) is 11.6 Å². The predicted molar refractivity (Wildman–Crippen MR) is 90.4 cm³/mol. The van der Waals surface area contributed by atoms with Crippen molar-refractivity contribution in [1.29, 1.82) is 0 Å². The highest BCUT2D eigenvalue weighted by Gasteiger charge is 2.34. The maximum Gasteiger partial charge on any atom is 0.229 e. The molecule has 1 N–H and O–H groups in total. The van der Waals surface area contributed by atoms with Crippen LogP contribution in [0.5, 0.6) is 0 Å². The van der Waals surface area contributed by atoms with E-state index >= 15 is 0 Å². The molecule has 2 aliphatic carbocycles. The Bertz CT molecular complexity index is 746. The van der Waals surface area contributed by atoms with Gasteiger partial charge in [-0.15, -0.1) is 0 Å². The van der Waals surface area contributed by atoms with Crippen molar-refractivity contribution in [2.24, 2.45) is 0 Å². The molecule has 1 aromatic heterocycles. The standard InChI is InChI=1S/C20H21NO3/c1-12(21-13-7-3-2-4-8-13)17-11-16-18(22)14-9-5-6-10-15(14)19(23)20(16)24-17/h5-6,9-13,21H,2-4,7-8H2,1H3. The Morgan fingerprint density at radius 1 is 1.00 bits per heavy atom. The molecule has 1 aromatic carbocycles. The molecule has 0 aliphatic heterocycles. The molecule has 24 heavy (non-hydrogen) atoms. The highest BCUT2D eigenvalue weighted by molar-refractivity contribution is 6.27. The van der Waals surface area contributed by atoms with Crippen LogP contribution in [-0.4, -0.2) is 17.6 Å². The Kier molecular flexibility index (Phi) is 3.85. The van der Waals surface area contributed by atoms with Gasteiger partial charge < -0.3 is 9.73 Å². The molecule has 0 amide bonds. The lowest BCUT2D eigenvalue weighted by molar-refractivity contribution is 0.0958. The molecular formula is C20H21NO3. The molecule has 1 heterocycles. The molecule has 0 spiro atoms. The minimum Gasteiger partial charge on any atom is -0.455 e. The molecule has 124 valence electrons. The van der Waals surface area contributed by atoms with E-state index in [2.05, 4.69) is 5.32 Å². The summed E-state index contributed by atoms with van der Waals surface area (Å²) in [7, 11) is 0. The van der Waals surface area contributed by atoms with E-state index in [4.69, 9.17) is 4.42 Å². The van der Waals surface area contributed by atoms with Crippen molar-refractivity contribution < 1.29 is 14.0 Å². The van der Waals surface area contributed by atoms with Crippen LogP contribution < -0.4 is 5.32 Å². The molecule has 2 aliphatic rings. The topological polar surface area (TPSA) is 59.3 Å². The lowest BCUT2D eigenvalue weighted by atomic mass is 9.88. The van der Waals surface area contributed by atoms with Crippen LogP contribution in [0.4, 0.5) is 0 Å². The zero-order chi connectivity index (χ0) is 16.7. The molecule has 0 bridgehead atoms. The molecule has 1 fully saturated rings. The number of furan rings is 1. The van der Waals surface area contributed by atoms with Crippen molar-refractivity contribution in [2.45, 2.75) is 51.1 Å². The van der Waals surface area contributed by atoms with Crippen LogP contribution in [0.25, 0.3) is 0 Å². The first-order valence-corrected chi connectivity index (χ1v) is 8.73. The van der Waals surface area contributed by atoms with Gasteiger partial charge in [0.1, 0.15) is 5.76 Å². The van der Waals surface area contributed by atoms with Crippen LogP contribution in [0.1, 0.15) is 82.9 Å². The summed E-state index contributed by atoms with van der Waals surface area (Å²) in [6, 6.07) is 9.16. The van der Waals surface area contributed by atoms with Crippen molar-refractivity contribution in [2.75, 3.05) is 0 Å². The van der Waals surface area contributed by atoms with Crippen molar-refractivity contribution in [3.8, 4) is 0 Å². The number of hydrogen-bond donors (Lipinski definition) is 1. The SMILES string of the molecule is CC(NC1CCCCC1)c1cc2c(o1)C(=O)c1ccccc1C2=O. The van der Waals surface area contributed by atoms with Gasteiger partial charge in [0, 0.05) is 17.2 Å². The van der Waals surface area contributed by atoms with E-state index in [1.54, 1.807) is 30.3 Å². The van der Waals surface area contributed by atoms with Gasteiger partial charge in [-0.25, -0.2) is 0 Å². The summed E-state index contributed by atoms with van der Waals surface area (Å²) in [6.45, 7) is 2.03. The smallest absolute Gasteiger partial charge is 0.229 e. The van der Waals surface area contributed by atoms with Crippen molar-refractivity contribution >= 4 is 11.6 Å². The normalized spacial score (nSPS) is 19.0. The Balaban J connectivity index is 1.62. The van der Waals surface area contributed by atoms with Crippen molar-refractivity contribution in [1.82, 2.24) is 5.32 Å². The fourth-order valence-electron chi connectivity index (χ4n) is 3.81. The van der Waals surface area contributed by atoms with Gasteiger partial charge >= 0.3 is 0 Å². The van der Waals surface area contributed by atoms with Crippen LogP contribution in [0, 0.1) is 0 Å². The maximum atomic E-state index is 12.6. The quantitative estimate of drug-likeness (QED) is 0.790. The number of fused-ring (bicyclic) bond motifs is 2. The van der Waals surface area contributed by atoms with Gasteiger partial charge in [0.25, 0.3) is 0 Å². The Morgan fingerprint density at radius 2 is 1.67 bits per heavy atom. The van der Waals surface area contributed by atoms with Gasteiger partial charge in [-0.2, -0.15) is 0 Å². The number of carbonyl (C=O) groups excluding carboxylic acids is 2. The lowest BCUT2D eigenvalue weighted by Crippen LogP contribution is -2.33. The monoisotopic (exact) mass is 323 g/mol. The van der Waals surface area contributed by atoms with E-state index in [0.717, 1.165) is 0 Å². The maximum absolute atomic E-state index is 12.6. The number of rotatable bonds is 3. The van der Waals surface area contributed by atoms with Gasteiger partial charge in [0.2, 0.25) is 5.78 Å². The molecule has 1 unspecified atom stereocenters. The van der Waals surface area contributed by atoms with Crippen LogP contribution in [0.15, 0.2) is 34.7 Å². The van der Waals surface area contributed by atoms with E-state index in [1.165, 1.54) is 32.1 Å². The predicted octanol–water partition coefficient (Wildman–Crippen LogP) is 4.04.